The molecule has 0 heterocycles. The lowest BCUT2D eigenvalue weighted by atomic mass is 9.77. The maximum Gasteiger partial charge on any atom is 0.333 e. The molecule has 0 radical (unpaired) electrons. The van der Waals surface area contributed by atoms with E-state index >= 15 is 4.39 Å². The second-order valence-corrected chi connectivity index (χ2v) is 18.2. The normalized spacial score (nSPS) is 14.7. The summed E-state index contributed by atoms with van der Waals surface area (Å²) in [6, 6.07) is 17.3. The Hall–Kier alpha value is -5.91. The molecule has 1 aliphatic rings. The summed E-state index contributed by atoms with van der Waals surface area (Å²) in [5.74, 6) is -2.54. The maximum absolute atomic E-state index is 16.0. The number of ether oxygens (including phenoxy) is 5. The van der Waals surface area contributed by atoms with Crippen LogP contribution < -0.4 is 4.74 Å². The highest BCUT2D eigenvalue weighted by Gasteiger charge is 2.38. The second-order valence-electron chi connectivity index (χ2n) is 18.2. The van der Waals surface area contributed by atoms with Crippen molar-refractivity contribution in [3.63, 3.8) is 0 Å². The second kappa shape index (κ2) is 26.4. The fraction of sp³-hybridized carbons (Fsp3) is 0.491. The van der Waals surface area contributed by atoms with Crippen LogP contribution in [0.25, 0.3) is 22.3 Å². The SMILES string of the molecule is C=C(C)C(=O)OCCCc1cc(-c2ccc(-c3ccc(C4CCC(CCCCC)CC4)cc3F)cc2CC)ccc1OCC(COC(=O)CC(C)=O)(COC(=O)CC(C)=O)COC(=O)C(=C)C. The topological polar surface area (TPSA) is 149 Å². The first-order chi connectivity index (χ1) is 31.9. The Bertz CT molecular complexity index is 2220. The Balaban J connectivity index is 1.66. The maximum atomic E-state index is 16.0. The number of carbonyl (C=O) groups excluding carboxylic acids is 6. The molecule has 0 aromatic heterocycles. The van der Waals surface area contributed by atoms with Crippen LogP contribution in [0.5, 0.6) is 5.75 Å². The monoisotopic (exact) mass is 924 g/mol. The molecule has 1 fully saturated rings. The Kier molecular flexibility index (Phi) is 21.2. The third kappa shape index (κ3) is 17.0. The molecule has 0 amide bonds. The molecule has 4 rings (SSSR count). The zero-order valence-electron chi connectivity index (χ0n) is 40.4. The van der Waals surface area contributed by atoms with E-state index in [0.717, 1.165) is 46.6 Å². The van der Waals surface area contributed by atoms with Crippen LogP contribution in [0, 0.1) is 17.2 Å². The lowest BCUT2D eigenvalue weighted by Crippen LogP contribution is -2.44. The van der Waals surface area contributed by atoms with Crippen molar-refractivity contribution in [2.24, 2.45) is 11.3 Å². The molecule has 0 bridgehead atoms. The molecule has 12 heteroatoms. The van der Waals surface area contributed by atoms with Crippen molar-refractivity contribution in [3.05, 3.63) is 101 Å². The van der Waals surface area contributed by atoms with Gasteiger partial charge in [0.2, 0.25) is 0 Å². The minimum absolute atomic E-state index is 0.0883. The number of aryl methyl sites for hydroxylation is 2. The number of halogens is 1. The Morgan fingerprint density at radius 3 is 1.79 bits per heavy atom. The van der Waals surface area contributed by atoms with Gasteiger partial charge in [-0.3, -0.25) is 19.2 Å². The fourth-order valence-corrected chi connectivity index (χ4v) is 8.25. The molecule has 0 saturated heterocycles. The van der Waals surface area contributed by atoms with Crippen LogP contribution in [0.1, 0.15) is 135 Å². The van der Waals surface area contributed by atoms with Gasteiger partial charge in [0.1, 0.15) is 67.8 Å². The third-order valence-corrected chi connectivity index (χ3v) is 12.1. The third-order valence-electron chi connectivity index (χ3n) is 12.1. The largest absolute Gasteiger partial charge is 0.492 e. The van der Waals surface area contributed by atoms with Crippen molar-refractivity contribution in [3.8, 4) is 28.0 Å². The van der Waals surface area contributed by atoms with E-state index in [1.807, 2.05) is 43.3 Å². The molecule has 0 aliphatic heterocycles. The summed E-state index contributed by atoms with van der Waals surface area (Å²) in [5.41, 5.74) is 4.72. The summed E-state index contributed by atoms with van der Waals surface area (Å²) in [7, 11) is 0. The molecule has 0 atom stereocenters. The molecular formula is C55H69FO11. The molecule has 3 aromatic carbocycles. The summed E-state index contributed by atoms with van der Waals surface area (Å²) in [4.78, 5) is 73.6. The Morgan fingerprint density at radius 2 is 1.21 bits per heavy atom. The average molecular weight is 925 g/mol. The highest BCUT2D eigenvalue weighted by atomic mass is 19.1. The molecule has 3 aromatic rings. The lowest BCUT2D eigenvalue weighted by Gasteiger charge is -2.32. The summed E-state index contributed by atoms with van der Waals surface area (Å²) >= 11 is 0. The zero-order valence-corrected chi connectivity index (χ0v) is 40.4. The lowest BCUT2D eigenvalue weighted by molar-refractivity contribution is -0.163. The van der Waals surface area contributed by atoms with Gasteiger partial charge >= 0.3 is 23.9 Å². The molecule has 0 unspecified atom stereocenters. The van der Waals surface area contributed by atoms with E-state index in [4.69, 9.17) is 23.7 Å². The van der Waals surface area contributed by atoms with Crippen LogP contribution in [0.2, 0.25) is 0 Å². The van der Waals surface area contributed by atoms with Gasteiger partial charge in [0.15, 0.2) is 0 Å². The van der Waals surface area contributed by atoms with E-state index in [0.29, 0.717) is 42.1 Å². The van der Waals surface area contributed by atoms with E-state index in [-0.39, 0.29) is 30.2 Å². The van der Waals surface area contributed by atoms with Gasteiger partial charge < -0.3 is 23.7 Å². The number of carbonyl (C=O) groups is 6. The summed E-state index contributed by atoms with van der Waals surface area (Å²) in [5, 5.41) is 0. The van der Waals surface area contributed by atoms with Crippen LogP contribution in [0.4, 0.5) is 4.39 Å². The van der Waals surface area contributed by atoms with Crippen LogP contribution in [0.3, 0.4) is 0 Å². The first-order valence-corrected chi connectivity index (χ1v) is 23.6. The number of Topliss-reactive ketones (excluding diaryl/α,β-unsaturated/α-hetero) is 2. The van der Waals surface area contributed by atoms with Crippen molar-refractivity contribution in [2.75, 3.05) is 33.0 Å². The number of hydrogen-bond donors (Lipinski definition) is 0. The number of unbranched alkanes of at least 4 members (excludes halogenated alkanes) is 2. The summed E-state index contributed by atoms with van der Waals surface area (Å²) < 4.78 is 44.3. The highest BCUT2D eigenvalue weighted by Crippen LogP contribution is 2.40. The van der Waals surface area contributed by atoms with E-state index < -0.39 is 73.5 Å². The molecule has 0 N–H and O–H groups in total. The van der Waals surface area contributed by atoms with Crippen LogP contribution in [0.15, 0.2) is 78.9 Å². The Labute approximate surface area is 395 Å². The average Bonchev–Trinajstić information content (AvgIpc) is 3.29. The van der Waals surface area contributed by atoms with Gasteiger partial charge in [-0.25, -0.2) is 14.0 Å². The van der Waals surface area contributed by atoms with E-state index in [9.17, 15) is 28.8 Å². The fourth-order valence-electron chi connectivity index (χ4n) is 8.25. The first kappa shape index (κ1) is 53.7. The van der Waals surface area contributed by atoms with E-state index in [2.05, 4.69) is 26.1 Å². The van der Waals surface area contributed by atoms with Gasteiger partial charge in [0.05, 0.1) is 6.61 Å². The highest BCUT2D eigenvalue weighted by molar-refractivity contribution is 5.94. The van der Waals surface area contributed by atoms with Crippen LogP contribution >= 0.6 is 0 Å². The van der Waals surface area contributed by atoms with E-state index in [1.165, 1.54) is 59.3 Å². The zero-order chi connectivity index (χ0) is 49.1. The smallest absolute Gasteiger partial charge is 0.333 e. The van der Waals surface area contributed by atoms with Gasteiger partial charge in [0.25, 0.3) is 0 Å². The minimum atomic E-state index is -1.51. The van der Waals surface area contributed by atoms with Crippen molar-refractivity contribution >= 4 is 35.4 Å². The molecule has 11 nitrogen and oxygen atoms in total. The molecule has 0 spiro atoms. The van der Waals surface area contributed by atoms with Crippen LogP contribution in [-0.4, -0.2) is 68.5 Å². The van der Waals surface area contributed by atoms with Gasteiger partial charge in [-0.1, -0.05) is 89.1 Å². The standard InChI is InChI=1S/C55H69FO11/c1-9-11-12-14-40-16-18-42(19-17-40)43-20-24-48(49(56)31-43)45-21-23-47(41(10-2)29-45)44-22-25-50(46(30-44)15-13-26-63-53(61)36(3)4)64-32-55(35-67-54(62)37(5)6,33-65-51(59)27-38(7)57)34-66-52(60)28-39(8)58/h20-25,29-31,40,42H,3,5,9-19,26-28,32-35H2,1-2,4,6-8H3. The first-order valence-electron chi connectivity index (χ1n) is 23.6. The summed E-state index contributed by atoms with van der Waals surface area (Å²) in [6.07, 6.45) is 10.1. The number of esters is 4. The van der Waals surface area contributed by atoms with Crippen molar-refractivity contribution in [1.82, 2.24) is 0 Å². The molecule has 1 saturated carbocycles. The van der Waals surface area contributed by atoms with Crippen LogP contribution in [-0.2, 0) is 60.6 Å². The number of rotatable bonds is 27. The van der Waals surface area contributed by atoms with Crippen molar-refractivity contribution < 1.29 is 56.8 Å². The molecule has 1 aliphatic carbocycles. The predicted molar refractivity (Wildman–Crippen MR) is 256 cm³/mol. The summed E-state index contributed by atoms with van der Waals surface area (Å²) in [6.45, 7) is 15.4. The number of ketones is 2. The molecular weight excluding hydrogens is 856 g/mol. The van der Waals surface area contributed by atoms with Gasteiger partial charge in [0, 0.05) is 16.7 Å². The molecule has 362 valence electrons. The Morgan fingerprint density at radius 1 is 0.642 bits per heavy atom. The van der Waals surface area contributed by atoms with E-state index in [1.54, 1.807) is 19.1 Å². The number of hydrogen-bond acceptors (Lipinski definition) is 11. The molecule has 67 heavy (non-hydrogen) atoms. The van der Waals surface area contributed by atoms with Gasteiger partial charge in [-0.2, -0.15) is 0 Å². The van der Waals surface area contributed by atoms with Gasteiger partial charge in [-0.05, 0) is 136 Å². The minimum Gasteiger partial charge on any atom is -0.492 e. The predicted octanol–water partition coefficient (Wildman–Crippen LogP) is 11.2. The van der Waals surface area contributed by atoms with Crippen molar-refractivity contribution in [1.29, 1.82) is 0 Å². The number of benzene rings is 3. The quantitative estimate of drug-likeness (QED) is 0.0236. The van der Waals surface area contributed by atoms with Crippen molar-refractivity contribution in [2.45, 2.75) is 131 Å². The van der Waals surface area contributed by atoms with Gasteiger partial charge in [-0.15, -0.1) is 0 Å².